The summed E-state index contributed by atoms with van der Waals surface area (Å²) in [5.41, 5.74) is 0.440. The topological polar surface area (TPSA) is 216 Å². The predicted molar refractivity (Wildman–Crippen MR) is 214 cm³/mol. The number of phenolic OH excluding ortho intramolecular Hbond substituents is 1. The number of allylic oxidation sites excluding steroid dienone is 5. The van der Waals surface area contributed by atoms with Gasteiger partial charge in [0.05, 0.1) is 31.5 Å². The summed E-state index contributed by atoms with van der Waals surface area (Å²) in [6.07, 6.45) is 1.37. The van der Waals surface area contributed by atoms with Gasteiger partial charge >= 0.3 is 11.9 Å². The molecule has 0 saturated carbocycles. The van der Waals surface area contributed by atoms with Crippen LogP contribution in [0.5, 0.6) is 23.0 Å². The van der Waals surface area contributed by atoms with Gasteiger partial charge < -0.3 is 48.8 Å². The molecule has 20 heteroatoms. The second-order valence-corrected chi connectivity index (χ2v) is 14.6. The second kappa shape index (κ2) is 18.8. The molecule has 16 nitrogen and oxygen atoms in total. The van der Waals surface area contributed by atoms with Crippen LogP contribution in [0.4, 0.5) is 11.4 Å². The maximum absolute atomic E-state index is 13.2. The molecule has 0 saturated heterocycles. The van der Waals surface area contributed by atoms with Gasteiger partial charge in [0.15, 0.2) is 19.2 Å². The number of rotatable bonds is 20. The number of ketones is 1. The number of nitrogens with zero attached hydrogens (tertiary/aromatic N) is 2. The SMILES string of the molecule is CC1(C)C2=C(Cl)C(=O)C(Cl)=CC2=C(c2cc(OCCOc3ccccc3N(COC=O)CC(=O)O)c(N(COC=O)CC(=O)O)cc2OC=O)c2cc(Cl)c(O)c(Cl)c21. The van der Waals surface area contributed by atoms with Crippen molar-refractivity contribution >= 4 is 100 Å². The highest BCUT2D eigenvalue weighted by molar-refractivity contribution is 6.56. The zero-order chi connectivity index (χ0) is 43.2. The van der Waals surface area contributed by atoms with Crippen LogP contribution < -0.4 is 24.0 Å². The smallest absolute Gasteiger partial charge is 0.323 e. The van der Waals surface area contributed by atoms with E-state index in [4.69, 9.17) is 70.1 Å². The number of carboxylic acid groups (broad SMARTS) is 2. The summed E-state index contributed by atoms with van der Waals surface area (Å²) >= 11 is 26.4. The molecule has 0 atom stereocenters. The first kappa shape index (κ1) is 44.2. The van der Waals surface area contributed by atoms with Gasteiger partial charge in [-0.05, 0) is 52.6 Å². The van der Waals surface area contributed by atoms with Crippen molar-refractivity contribution in [2.75, 3.05) is 49.6 Å². The molecule has 3 aromatic rings. The maximum Gasteiger partial charge on any atom is 0.323 e. The summed E-state index contributed by atoms with van der Waals surface area (Å²) < 4.78 is 27.4. The minimum absolute atomic E-state index is 0.0428. The van der Waals surface area contributed by atoms with E-state index in [0.29, 0.717) is 5.56 Å². The van der Waals surface area contributed by atoms with E-state index in [0.717, 1.165) is 4.90 Å². The van der Waals surface area contributed by atoms with Crippen molar-refractivity contribution in [3.05, 3.63) is 96.5 Å². The van der Waals surface area contributed by atoms with Crippen molar-refractivity contribution in [2.45, 2.75) is 19.3 Å². The molecule has 3 N–H and O–H groups in total. The standard InChI is InChI=1S/C39H32Cl4N2O14/c1-39(2)33-21(9-23(40)37(53)35(33)42)32(22-10-24(41)38(54)36(43)34(22)39)20-11-29(26(12-28(20)59-19-48)45(14-31(51)52)16-56-18-47)58-8-7-57-27-6-4-3-5-25(27)44(13-30(49)50)15-55-17-46/h3-6,9-12,17-19,53H,7-8,13-16H2,1-2H3,(H,49,50)(H,51,52). The summed E-state index contributed by atoms with van der Waals surface area (Å²) in [4.78, 5) is 73.4. The Bertz CT molecular complexity index is 2320. The monoisotopic (exact) mass is 892 g/mol. The predicted octanol–water partition coefficient (Wildman–Crippen LogP) is 6.03. The quantitative estimate of drug-likeness (QED) is 0.0671. The molecule has 0 aliphatic heterocycles. The molecule has 0 fully saturated rings. The highest BCUT2D eigenvalue weighted by Crippen LogP contribution is 2.58. The highest BCUT2D eigenvalue weighted by atomic mass is 35.5. The average molecular weight is 894 g/mol. The third-order valence-electron chi connectivity index (χ3n) is 9.06. The number of aliphatic carboxylic acids is 2. The summed E-state index contributed by atoms with van der Waals surface area (Å²) in [7, 11) is 0. The van der Waals surface area contributed by atoms with Crippen molar-refractivity contribution in [1.82, 2.24) is 0 Å². The van der Waals surface area contributed by atoms with Crippen LogP contribution in [0.2, 0.25) is 10.0 Å². The molecule has 3 aromatic carbocycles. The van der Waals surface area contributed by atoms with Crippen LogP contribution >= 0.6 is 46.4 Å². The molecule has 0 amide bonds. The Morgan fingerprint density at radius 3 is 1.97 bits per heavy atom. The van der Waals surface area contributed by atoms with Gasteiger partial charge in [0.1, 0.15) is 43.6 Å². The Morgan fingerprint density at radius 2 is 1.37 bits per heavy atom. The summed E-state index contributed by atoms with van der Waals surface area (Å²) in [5, 5.41) is 29.3. The Labute approximate surface area is 355 Å². The summed E-state index contributed by atoms with van der Waals surface area (Å²) in [5.74, 6) is -3.79. The summed E-state index contributed by atoms with van der Waals surface area (Å²) in [6.45, 7) is 1.03. The van der Waals surface area contributed by atoms with Crippen molar-refractivity contribution in [3.63, 3.8) is 0 Å². The molecule has 2 aliphatic carbocycles. The zero-order valence-electron chi connectivity index (χ0n) is 30.8. The molecule has 0 heterocycles. The Hall–Kier alpha value is -5.94. The third-order valence-corrected chi connectivity index (χ3v) is 10.4. The first-order valence-electron chi connectivity index (χ1n) is 17.0. The number of hydrogen-bond acceptors (Lipinski definition) is 14. The van der Waals surface area contributed by atoms with Crippen LogP contribution in [-0.2, 0) is 43.7 Å². The number of ether oxygens (including phenoxy) is 5. The van der Waals surface area contributed by atoms with E-state index in [9.17, 15) is 44.1 Å². The van der Waals surface area contributed by atoms with E-state index in [1.807, 2.05) is 0 Å². The van der Waals surface area contributed by atoms with Crippen molar-refractivity contribution in [3.8, 4) is 23.0 Å². The molecule has 0 aromatic heterocycles. The molecule has 310 valence electrons. The van der Waals surface area contributed by atoms with Crippen LogP contribution in [-0.4, -0.2) is 92.2 Å². The van der Waals surface area contributed by atoms with Crippen LogP contribution in [0.3, 0.4) is 0 Å². The molecule has 5 rings (SSSR count). The van der Waals surface area contributed by atoms with Gasteiger partial charge in [-0.1, -0.05) is 72.4 Å². The lowest BCUT2D eigenvalue weighted by atomic mass is 9.64. The van der Waals surface area contributed by atoms with Crippen LogP contribution in [0.25, 0.3) is 5.57 Å². The normalized spacial score (nSPS) is 14.0. The number of Topliss-reactive ketones (excluding diaryl/α,β-unsaturated/α-hetero) is 1. The van der Waals surface area contributed by atoms with Gasteiger partial charge in [-0.15, -0.1) is 0 Å². The number of carboxylic acids is 2. The summed E-state index contributed by atoms with van der Waals surface area (Å²) in [6, 6.07) is 10.4. The number of benzene rings is 3. The van der Waals surface area contributed by atoms with Gasteiger partial charge in [-0.2, -0.15) is 0 Å². The fraction of sp³-hybridized carbons (Fsp3) is 0.231. The molecule has 0 radical (unpaired) electrons. The number of anilines is 2. The Morgan fingerprint density at radius 1 is 0.780 bits per heavy atom. The molecular formula is C39H32Cl4N2O14. The lowest BCUT2D eigenvalue weighted by Crippen LogP contribution is -2.33. The fourth-order valence-electron chi connectivity index (χ4n) is 6.75. The fourth-order valence-corrected chi connectivity index (χ4v) is 8.14. The number of halogens is 4. The number of hydrogen-bond donors (Lipinski definition) is 3. The zero-order valence-corrected chi connectivity index (χ0v) is 33.9. The first-order chi connectivity index (χ1) is 28.1. The van der Waals surface area contributed by atoms with Gasteiger partial charge in [0, 0.05) is 22.6 Å². The van der Waals surface area contributed by atoms with E-state index in [-0.39, 0.29) is 109 Å². The highest BCUT2D eigenvalue weighted by Gasteiger charge is 2.45. The number of aromatic hydroxyl groups is 1. The number of para-hydroxylation sites is 2. The molecule has 59 heavy (non-hydrogen) atoms. The molecule has 2 aliphatic rings. The number of carbonyl (C=O) groups excluding carboxylic acids is 4. The largest absolute Gasteiger partial charge is 0.505 e. The molecule has 0 unspecified atom stereocenters. The van der Waals surface area contributed by atoms with E-state index in [2.05, 4.69) is 0 Å². The van der Waals surface area contributed by atoms with Gasteiger partial charge in [0.2, 0.25) is 5.78 Å². The third kappa shape index (κ3) is 9.20. The second-order valence-electron chi connectivity index (χ2n) is 13.0. The Balaban J connectivity index is 1.71. The minimum Gasteiger partial charge on any atom is -0.505 e. The lowest BCUT2D eigenvalue weighted by Gasteiger charge is -2.40. The Kier molecular flexibility index (Phi) is 14.0. The van der Waals surface area contributed by atoms with Crippen LogP contribution in [0, 0.1) is 0 Å². The average Bonchev–Trinajstić information content (AvgIpc) is 3.18. The van der Waals surface area contributed by atoms with Crippen LogP contribution in [0.15, 0.2) is 69.8 Å². The molecular weight excluding hydrogens is 862 g/mol. The number of fused-ring (bicyclic) bond motifs is 2. The van der Waals surface area contributed by atoms with E-state index < -0.39 is 55.4 Å². The van der Waals surface area contributed by atoms with E-state index in [1.165, 1.54) is 29.2 Å². The van der Waals surface area contributed by atoms with Gasteiger partial charge in [-0.3, -0.25) is 28.8 Å². The van der Waals surface area contributed by atoms with E-state index in [1.54, 1.807) is 38.1 Å². The van der Waals surface area contributed by atoms with Crippen molar-refractivity contribution in [1.29, 1.82) is 0 Å². The van der Waals surface area contributed by atoms with Gasteiger partial charge in [0.25, 0.3) is 19.4 Å². The minimum atomic E-state index is -1.34. The number of phenols is 1. The van der Waals surface area contributed by atoms with Gasteiger partial charge in [-0.25, -0.2) is 0 Å². The maximum atomic E-state index is 13.2. The molecule has 0 bridgehead atoms. The van der Waals surface area contributed by atoms with Crippen molar-refractivity contribution in [2.24, 2.45) is 0 Å². The van der Waals surface area contributed by atoms with Crippen molar-refractivity contribution < 1.29 is 67.8 Å². The van der Waals surface area contributed by atoms with Crippen LogP contribution in [0.1, 0.15) is 30.5 Å². The number of carbonyl (C=O) groups is 6. The lowest BCUT2D eigenvalue weighted by molar-refractivity contribution is -0.137. The first-order valence-corrected chi connectivity index (χ1v) is 18.5. The molecule has 0 spiro atoms. The van der Waals surface area contributed by atoms with E-state index >= 15 is 0 Å².